The Hall–Kier alpha value is -0.810. The molecule has 0 N–H and O–H groups in total. The maximum absolute atomic E-state index is 3.75. The van der Waals surface area contributed by atoms with Gasteiger partial charge in [0.1, 0.15) is 0 Å². The summed E-state index contributed by atoms with van der Waals surface area (Å²) in [6.07, 6.45) is 0. The van der Waals surface area contributed by atoms with E-state index in [1.165, 1.54) is 5.57 Å². The summed E-state index contributed by atoms with van der Waals surface area (Å²) in [6, 6.07) is 0. The standard InChI is InChI=1S/C6H12.C2H4N/c1-5(2)6(3)4;1-3-2/h6H,1H2,2-4H3;1-2H2/q;+1. The van der Waals surface area contributed by atoms with Gasteiger partial charge in [-0.1, -0.05) is 26.0 Å². The number of hydrogen-bond acceptors (Lipinski definition) is 0. The molecule has 0 bridgehead atoms. The summed E-state index contributed by atoms with van der Waals surface area (Å²) in [7, 11) is 0. The third kappa shape index (κ3) is 19.0. The van der Waals surface area contributed by atoms with Gasteiger partial charge in [-0.05, 0) is 12.8 Å². The van der Waals surface area contributed by atoms with Crippen LogP contribution in [0.25, 0.3) is 0 Å². The quantitative estimate of drug-likeness (QED) is 0.288. The zero-order valence-electron chi connectivity index (χ0n) is 6.65. The highest BCUT2D eigenvalue weighted by Gasteiger charge is 1.87. The van der Waals surface area contributed by atoms with Gasteiger partial charge in [0.15, 0.2) is 0 Å². The van der Waals surface area contributed by atoms with Crippen LogP contribution in [0.2, 0.25) is 0 Å². The van der Waals surface area contributed by atoms with Crippen LogP contribution in [0.5, 0.6) is 0 Å². The molecule has 0 aliphatic carbocycles. The smallest absolute Gasteiger partial charge is 0.117 e. The van der Waals surface area contributed by atoms with Crippen LogP contribution in [0, 0.1) is 5.92 Å². The van der Waals surface area contributed by atoms with E-state index in [4.69, 9.17) is 0 Å². The Balaban J connectivity index is 0. The van der Waals surface area contributed by atoms with E-state index in [0.29, 0.717) is 5.92 Å². The minimum Gasteiger partial charge on any atom is -0.117 e. The van der Waals surface area contributed by atoms with Crippen molar-refractivity contribution in [2.45, 2.75) is 20.8 Å². The molecule has 0 aliphatic heterocycles. The lowest BCUT2D eigenvalue weighted by molar-refractivity contribution is 0.773. The van der Waals surface area contributed by atoms with Crippen molar-refractivity contribution in [3.63, 3.8) is 0 Å². The van der Waals surface area contributed by atoms with Gasteiger partial charge < -0.3 is 0 Å². The maximum atomic E-state index is 3.75. The van der Waals surface area contributed by atoms with E-state index in [1.54, 1.807) is 0 Å². The second-order valence-corrected chi connectivity index (χ2v) is 2.22. The van der Waals surface area contributed by atoms with Crippen LogP contribution in [-0.4, -0.2) is 13.4 Å². The van der Waals surface area contributed by atoms with Crippen molar-refractivity contribution >= 4 is 13.4 Å². The normalized spacial score (nSPS) is 7.11. The van der Waals surface area contributed by atoms with Crippen LogP contribution in [-0.2, 0) is 0 Å². The van der Waals surface area contributed by atoms with Gasteiger partial charge in [-0.25, -0.2) is 0 Å². The molecule has 0 rings (SSSR count). The zero-order valence-corrected chi connectivity index (χ0v) is 6.65. The molecule has 1 heteroatoms. The zero-order chi connectivity index (χ0) is 7.86. The molecule has 52 valence electrons. The molecule has 0 aromatic heterocycles. The van der Waals surface area contributed by atoms with E-state index in [9.17, 15) is 0 Å². The second-order valence-electron chi connectivity index (χ2n) is 2.22. The first-order chi connectivity index (χ1) is 4.06. The van der Waals surface area contributed by atoms with E-state index in [0.717, 1.165) is 0 Å². The van der Waals surface area contributed by atoms with Crippen LogP contribution < -0.4 is 4.67 Å². The van der Waals surface area contributed by atoms with E-state index in [-0.39, 0.29) is 0 Å². The highest BCUT2D eigenvalue weighted by molar-refractivity contribution is 5.32. The van der Waals surface area contributed by atoms with Crippen LogP contribution >= 0.6 is 0 Å². The number of rotatable bonds is 1. The second kappa shape index (κ2) is 7.19. The SMILES string of the molecule is C=C(C)C(C)C.C=[N+]=C. The molecule has 0 atom stereocenters. The molecule has 1 nitrogen and oxygen atoms in total. The lowest BCUT2D eigenvalue weighted by Gasteiger charge is -1.97. The fraction of sp³-hybridized carbons (Fsp3) is 0.500. The predicted octanol–water partition coefficient (Wildman–Crippen LogP) is 1.67. The van der Waals surface area contributed by atoms with Crippen molar-refractivity contribution < 1.29 is 0 Å². The van der Waals surface area contributed by atoms with Crippen molar-refractivity contribution in [2.24, 2.45) is 5.92 Å². The highest BCUT2D eigenvalue weighted by Crippen LogP contribution is 2.02. The number of allylic oxidation sites excluding steroid dienone is 1. The van der Waals surface area contributed by atoms with Gasteiger partial charge in [-0.15, -0.1) is 4.67 Å². The summed E-state index contributed by atoms with van der Waals surface area (Å²) in [4.78, 5) is 0. The van der Waals surface area contributed by atoms with E-state index >= 15 is 0 Å². The monoisotopic (exact) mass is 126 g/mol. The summed E-state index contributed by atoms with van der Waals surface area (Å²) >= 11 is 0. The maximum Gasteiger partial charge on any atom is 0.256 e. The number of nitrogens with zero attached hydrogens (tertiary/aromatic N) is 1. The Labute approximate surface area is 57.9 Å². The third-order valence-electron chi connectivity index (χ3n) is 0.986. The van der Waals surface area contributed by atoms with E-state index < -0.39 is 0 Å². The van der Waals surface area contributed by atoms with Crippen molar-refractivity contribution in [2.75, 3.05) is 0 Å². The average molecular weight is 126 g/mol. The fourth-order valence-electron chi connectivity index (χ4n) is 0. The number of hydrogen-bond donors (Lipinski definition) is 0. The van der Waals surface area contributed by atoms with Crippen molar-refractivity contribution in [1.29, 1.82) is 0 Å². The molecular weight excluding hydrogens is 110 g/mol. The molecule has 0 radical (unpaired) electrons. The molecule has 0 fully saturated rings. The van der Waals surface area contributed by atoms with Gasteiger partial charge >= 0.3 is 0 Å². The van der Waals surface area contributed by atoms with Gasteiger partial charge in [-0.3, -0.25) is 0 Å². The molecule has 0 aliphatic rings. The van der Waals surface area contributed by atoms with Crippen LogP contribution in [0.3, 0.4) is 0 Å². The molecule has 9 heavy (non-hydrogen) atoms. The summed E-state index contributed by atoms with van der Waals surface area (Å²) in [6.45, 7) is 16.1. The average Bonchev–Trinajstić information content (AvgIpc) is 1.68. The Bertz CT molecular complexity index is 106. The third-order valence-corrected chi connectivity index (χ3v) is 0.986. The summed E-state index contributed by atoms with van der Waals surface area (Å²) in [5.74, 6) is 0.657. The highest BCUT2D eigenvalue weighted by atomic mass is 14.4. The van der Waals surface area contributed by atoms with Crippen molar-refractivity contribution in [3.05, 3.63) is 12.2 Å². The van der Waals surface area contributed by atoms with E-state index in [1.807, 2.05) is 6.92 Å². The summed E-state index contributed by atoms with van der Waals surface area (Å²) in [5.41, 5.74) is 1.26. The van der Waals surface area contributed by atoms with Gasteiger partial charge in [0, 0.05) is 0 Å². The lowest BCUT2D eigenvalue weighted by atomic mass is 10.1. The van der Waals surface area contributed by atoms with Gasteiger partial charge in [-0.2, -0.15) is 0 Å². The van der Waals surface area contributed by atoms with Crippen molar-refractivity contribution in [3.8, 4) is 0 Å². The minimum atomic E-state index is 0.657. The van der Waals surface area contributed by atoms with Crippen LogP contribution in [0.4, 0.5) is 0 Å². The largest absolute Gasteiger partial charge is 0.256 e. The first-order valence-electron chi connectivity index (χ1n) is 2.93. The van der Waals surface area contributed by atoms with Gasteiger partial charge in [0.05, 0.1) is 0 Å². The molecule has 0 unspecified atom stereocenters. The van der Waals surface area contributed by atoms with E-state index in [2.05, 4.69) is 38.5 Å². The first kappa shape index (κ1) is 11.0. The molecule has 0 aromatic carbocycles. The molecule has 0 aromatic rings. The Morgan fingerprint density at radius 2 is 1.44 bits per heavy atom. The molecule has 0 saturated heterocycles. The Morgan fingerprint density at radius 1 is 1.33 bits per heavy atom. The Morgan fingerprint density at radius 3 is 1.44 bits per heavy atom. The molecule has 0 heterocycles. The molecule has 0 spiro atoms. The molecular formula is C8H16N+. The molecule has 0 amide bonds. The van der Waals surface area contributed by atoms with Gasteiger partial charge in [0.2, 0.25) is 0 Å². The van der Waals surface area contributed by atoms with Crippen LogP contribution in [0.15, 0.2) is 12.2 Å². The Kier molecular flexibility index (Phi) is 8.83. The van der Waals surface area contributed by atoms with Crippen LogP contribution in [0.1, 0.15) is 20.8 Å². The topological polar surface area (TPSA) is 14.1 Å². The predicted molar refractivity (Wildman–Crippen MR) is 46.0 cm³/mol. The van der Waals surface area contributed by atoms with Crippen molar-refractivity contribution in [1.82, 2.24) is 4.67 Å². The molecule has 0 saturated carbocycles. The lowest BCUT2D eigenvalue weighted by Crippen LogP contribution is -1.83. The minimum absolute atomic E-state index is 0.657. The fourth-order valence-corrected chi connectivity index (χ4v) is 0. The van der Waals surface area contributed by atoms with Gasteiger partial charge in [0.25, 0.3) is 13.4 Å². The summed E-state index contributed by atoms with van der Waals surface area (Å²) < 4.78 is 3.00. The summed E-state index contributed by atoms with van der Waals surface area (Å²) in [5, 5.41) is 0. The first-order valence-corrected chi connectivity index (χ1v) is 2.93.